The van der Waals surface area contributed by atoms with Gasteiger partial charge in [-0.3, -0.25) is 9.78 Å². The number of hydrogen-bond donors (Lipinski definition) is 2. The number of amides is 1. The Hall–Kier alpha value is -3.59. The minimum absolute atomic E-state index is 0.0265. The summed E-state index contributed by atoms with van der Waals surface area (Å²) in [7, 11) is 1.66. The Balaban J connectivity index is 1.29. The number of nitrogens with one attached hydrogen (secondary N) is 2. The quantitative estimate of drug-likeness (QED) is 0.649. The Morgan fingerprint density at radius 3 is 2.81 bits per heavy atom. The lowest BCUT2D eigenvalue weighted by Gasteiger charge is -2.30. The van der Waals surface area contributed by atoms with Crippen LogP contribution in [-0.2, 0) is 13.1 Å². The molecule has 1 aromatic carbocycles. The van der Waals surface area contributed by atoms with Gasteiger partial charge in [-0.15, -0.1) is 0 Å². The number of piperazine rings is 1. The molecule has 1 amide bonds. The minimum atomic E-state index is -0.394. The zero-order valence-electron chi connectivity index (χ0n) is 17.3. The second-order valence-corrected chi connectivity index (χ2v) is 7.58. The van der Waals surface area contributed by atoms with Crippen LogP contribution in [0.3, 0.4) is 0 Å². The second-order valence-electron chi connectivity index (χ2n) is 7.58. The van der Waals surface area contributed by atoms with Crippen molar-refractivity contribution in [1.82, 2.24) is 15.3 Å². The molecule has 0 spiro atoms. The zero-order valence-corrected chi connectivity index (χ0v) is 17.3. The lowest BCUT2D eigenvalue weighted by atomic mass is 10.1. The number of carbonyl (C=O) groups excluding carboxylic acids is 1. The van der Waals surface area contributed by atoms with Crippen molar-refractivity contribution >= 4 is 23.2 Å². The van der Waals surface area contributed by atoms with Crippen LogP contribution in [0, 0.1) is 0 Å². The van der Waals surface area contributed by atoms with E-state index in [1.165, 1.54) is 11.1 Å². The second kappa shape index (κ2) is 8.27. The number of hydrogen-bond acceptors (Lipinski definition) is 8. The molecule has 0 saturated carbocycles. The number of fused-ring (bicyclic) bond motifs is 1. The normalized spacial score (nSPS) is 15.6. The van der Waals surface area contributed by atoms with E-state index < -0.39 is 5.91 Å². The number of rotatable bonds is 5. The van der Waals surface area contributed by atoms with E-state index in [-0.39, 0.29) is 5.89 Å². The van der Waals surface area contributed by atoms with Gasteiger partial charge in [0.25, 0.3) is 5.89 Å². The number of ether oxygens (including phenoxy) is 1. The molecule has 0 radical (unpaired) electrons. The number of pyridine rings is 1. The fourth-order valence-electron chi connectivity index (χ4n) is 4.01. The SMILES string of the molecule is COc1ccc2c(c1)CN(c1cnc(C(=O)Nc3cnccc3N3CCNCC3)o1)C2. The van der Waals surface area contributed by atoms with Crippen molar-refractivity contribution in [3.8, 4) is 5.75 Å². The Labute approximate surface area is 180 Å². The van der Waals surface area contributed by atoms with Crippen LogP contribution in [0.2, 0.25) is 0 Å². The maximum absolute atomic E-state index is 12.8. The first kappa shape index (κ1) is 19.4. The third kappa shape index (κ3) is 3.91. The van der Waals surface area contributed by atoms with Gasteiger partial charge in [0.2, 0.25) is 5.88 Å². The summed E-state index contributed by atoms with van der Waals surface area (Å²) in [4.78, 5) is 25.5. The molecule has 2 aliphatic heterocycles. The summed E-state index contributed by atoms with van der Waals surface area (Å²) in [6.07, 6.45) is 4.98. The Kier molecular flexibility index (Phi) is 5.17. The summed E-state index contributed by atoms with van der Waals surface area (Å²) < 4.78 is 11.1. The average molecular weight is 420 g/mol. The first-order valence-corrected chi connectivity index (χ1v) is 10.3. The van der Waals surface area contributed by atoms with Crippen LogP contribution in [0.1, 0.15) is 21.8 Å². The van der Waals surface area contributed by atoms with Crippen molar-refractivity contribution in [3.05, 3.63) is 59.9 Å². The number of benzene rings is 1. The van der Waals surface area contributed by atoms with Crippen LogP contribution >= 0.6 is 0 Å². The van der Waals surface area contributed by atoms with Crippen molar-refractivity contribution < 1.29 is 13.9 Å². The molecule has 2 aromatic heterocycles. The first-order chi connectivity index (χ1) is 15.2. The van der Waals surface area contributed by atoms with E-state index in [1.807, 2.05) is 23.1 Å². The Morgan fingerprint density at radius 1 is 1.13 bits per heavy atom. The molecule has 2 aliphatic rings. The number of anilines is 3. The van der Waals surface area contributed by atoms with Gasteiger partial charge in [-0.1, -0.05) is 6.07 Å². The van der Waals surface area contributed by atoms with Crippen LogP contribution in [0.15, 0.2) is 47.3 Å². The summed E-state index contributed by atoms with van der Waals surface area (Å²) in [6.45, 7) is 4.93. The third-order valence-electron chi connectivity index (χ3n) is 5.64. The number of nitrogens with zero attached hydrogens (tertiary/aromatic N) is 4. The summed E-state index contributed by atoms with van der Waals surface area (Å²) in [5.74, 6) is 1.02. The molecule has 9 nitrogen and oxygen atoms in total. The van der Waals surface area contributed by atoms with Crippen molar-refractivity contribution in [2.45, 2.75) is 13.1 Å². The van der Waals surface area contributed by atoms with Gasteiger partial charge in [-0.05, 0) is 29.3 Å². The smallest absolute Gasteiger partial charge is 0.311 e. The molecule has 5 rings (SSSR count). The molecular weight excluding hydrogens is 396 g/mol. The Morgan fingerprint density at radius 2 is 1.97 bits per heavy atom. The largest absolute Gasteiger partial charge is 0.497 e. The molecule has 1 saturated heterocycles. The Bertz CT molecular complexity index is 1090. The maximum atomic E-state index is 12.8. The van der Waals surface area contributed by atoms with Crippen molar-refractivity contribution in [2.75, 3.05) is 48.4 Å². The van der Waals surface area contributed by atoms with E-state index >= 15 is 0 Å². The van der Waals surface area contributed by atoms with E-state index in [4.69, 9.17) is 9.15 Å². The zero-order chi connectivity index (χ0) is 21.2. The standard InChI is InChI=1S/C22H24N6O3/c1-30-17-3-2-15-13-28(14-16(15)10-17)20-12-25-22(31-20)21(29)26-18-11-24-5-4-19(18)27-8-6-23-7-9-27/h2-5,10-12,23H,6-9,13-14H2,1H3,(H,26,29). The molecule has 3 aromatic rings. The fraction of sp³-hybridized carbons (Fsp3) is 0.318. The van der Waals surface area contributed by atoms with Gasteiger partial charge < -0.3 is 29.6 Å². The maximum Gasteiger partial charge on any atom is 0.311 e. The number of carbonyl (C=O) groups is 1. The highest BCUT2D eigenvalue weighted by molar-refractivity contribution is 6.03. The van der Waals surface area contributed by atoms with Gasteiger partial charge in [-0.2, -0.15) is 0 Å². The molecule has 2 N–H and O–H groups in total. The third-order valence-corrected chi connectivity index (χ3v) is 5.64. The van der Waals surface area contributed by atoms with E-state index in [0.29, 0.717) is 24.7 Å². The van der Waals surface area contributed by atoms with E-state index in [0.717, 1.165) is 37.6 Å². The average Bonchev–Trinajstić information content (AvgIpc) is 3.47. The van der Waals surface area contributed by atoms with Crippen LogP contribution in [0.4, 0.5) is 17.3 Å². The molecule has 0 unspecified atom stereocenters. The monoisotopic (exact) mass is 420 g/mol. The van der Waals surface area contributed by atoms with Gasteiger partial charge in [0.15, 0.2) is 0 Å². The number of oxazole rings is 1. The van der Waals surface area contributed by atoms with E-state index in [9.17, 15) is 4.79 Å². The predicted molar refractivity (Wildman–Crippen MR) is 117 cm³/mol. The molecule has 4 heterocycles. The molecule has 160 valence electrons. The van der Waals surface area contributed by atoms with Gasteiger partial charge >= 0.3 is 5.91 Å². The molecule has 0 aliphatic carbocycles. The summed E-state index contributed by atoms with van der Waals surface area (Å²) in [5, 5.41) is 6.24. The molecule has 0 bridgehead atoms. The van der Waals surface area contributed by atoms with E-state index in [1.54, 1.807) is 25.7 Å². The molecule has 9 heteroatoms. The van der Waals surface area contributed by atoms with Gasteiger partial charge in [0, 0.05) is 45.5 Å². The topological polar surface area (TPSA) is 95.8 Å². The number of methoxy groups -OCH3 is 1. The molecule has 31 heavy (non-hydrogen) atoms. The predicted octanol–water partition coefficient (Wildman–Crippen LogP) is 2.26. The first-order valence-electron chi connectivity index (χ1n) is 10.3. The molecule has 1 fully saturated rings. The molecule has 0 atom stereocenters. The minimum Gasteiger partial charge on any atom is -0.497 e. The fourth-order valence-corrected chi connectivity index (χ4v) is 4.01. The summed E-state index contributed by atoms with van der Waals surface area (Å²) in [6, 6.07) is 7.95. The van der Waals surface area contributed by atoms with Crippen molar-refractivity contribution in [2.24, 2.45) is 0 Å². The van der Waals surface area contributed by atoms with Crippen LogP contribution < -0.4 is 25.2 Å². The van der Waals surface area contributed by atoms with Crippen LogP contribution in [0.5, 0.6) is 5.75 Å². The summed E-state index contributed by atoms with van der Waals surface area (Å²) >= 11 is 0. The highest BCUT2D eigenvalue weighted by Crippen LogP contribution is 2.31. The lowest BCUT2D eigenvalue weighted by molar-refractivity contribution is 0.0990. The van der Waals surface area contributed by atoms with Crippen molar-refractivity contribution in [1.29, 1.82) is 0 Å². The van der Waals surface area contributed by atoms with Crippen LogP contribution in [0.25, 0.3) is 0 Å². The number of aromatic nitrogens is 2. The molecular formula is C22H24N6O3. The van der Waals surface area contributed by atoms with E-state index in [2.05, 4.69) is 31.6 Å². The van der Waals surface area contributed by atoms with Crippen LogP contribution in [-0.4, -0.2) is 49.2 Å². The highest BCUT2D eigenvalue weighted by Gasteiger charge is 2.25. The van der Waals surface area contributed by atoms with Gasteiger partial charge in [0.1, 0.15) is 5.75 Å². The lowest BCUT2D eigenvalue weighted by Crippen LogP contribution is -2.43. The summed E-state index contributed by atoms with van der Waals surface area (Å²) in [5.41, 5.74) is 3.98. The highest BCUT2D eigenvalue weighted by atomic mass is 16.5. The van der Waals surface area contributed by atoms with Gasteiger partial charge in [0.05, 0.1) is 30.9 Å². The van der Waals surface area contributed by atoms with Crippen molar-refractivity contribution in [3.63, 3.8) is 0 Å². The van der Waals surface area contributed by atoms with Gasteiger partial charge in [-0.25, -0.2) is 4.98 Å².